The molecule has 0 aliphatic carbocycles. The van der Waals surface area contributed by atoms with Crippen LogP contribution < -0.4 is 4.74 Å². The van der Waals surface area contributed by atoms with Crippen molar-refractivity contribution in [2.45, 2.75) is 31.4 Å². The predicted molar refractivity (Wildman–Crippen MR) is 120 cm³/mol. The average Bonchev–Trinajstić information content (AvgIpc) is 3.45. The molecule has 2 fully saturated rings. The minimum Gasteiger partial charge on any atom is -0.484 e. The molecular formula is C24H27NO6S. The largest absolute Gasteiger partial charge is 0.484 e. The van der Waals surface area contributed by atoms with Gasteiger partial charge in [0.15, 0.2) is 22.2 Å². The van der Waals surface area contributed by atoms with E-state index < -0.39 is 9.84 Å². The smallest absolute Gasteiger partial charge is 0.260 e. The quantitative estimate of drug-likeness (QED) is 0.566. The van der Waals surface area contributed by atoms with Gasteiger partial charge in [-0.1, -0.05) is 30.3 Å². The zero-order chi connectivity index (χ0) is 22.6. The van der Waals surface area contributed by atoms with Crippen LogP contribution in [0.5, 0.6) is 5.75 Å². The number of hydrogen-bond donors (Lipinski definition) is 0. The fraction of sp³-hybridized carbons (Fsp3) is 0.417. The van der Waals surface area contributed by atoms with Crippen molar-refractivity contribution in [3.8, 4) is 5.75 Å². The van der Waals surface area contributed by atoms with Crippen molar-refractivity contribution >= 4 is 21.5 Å². The topological polar surface area (TPSA) is 90.0 Å². The predicted octanol–water partition coefficient (Wildman–Crippen LogP) is 2.49. The van der Waals surface area contributed by atoms with Crippen LogP contribution in [0.3, 0.4) is 0 Å². The summed E-state index contributed by atoms with van der Waals surface area (Å²) in [6.07, 6.45) is 2.18. The fourth-order valence-electron chi connectivity index (χ4n) is 4.17. The van der Waals surface area contributed by atoms with E-state index >= 15 is 0 Å². The Morgan fingerprint density at radius 3 is 2.34 bits per heavy atom. The van der Waals surface area contributed by atoms with Crippen LogP contribution in [0.15, 0.2) is 54.6 Å². The van der Waals surface area contributed by atoms with Crippen molar-refractivity contribution in [3.05, 3.63) is 65.7 Å². The second-order valence-electron chi connectivity index (χ2n) is 8.25. The molecule has 0 radical (unpaired) electrons. The van der Waals surface area contributed by atoms with Crippen LogP contribution in [-0.2, 0) is 19.4 Å². The summed E-state index contributed by atoms with van der Waals surface area (Å²) in [6.45, 7) is 0.850. The monoisotopic (exact) mass is 457 g/mol. The molecule has 8 heteroatoms. The molecule has 2 aromatic rings. The third kappa shape index (κ3) is 5.55. The molecule has 2 heterocycles. The van der Waals surface area contributed by atoms with Gasteiger partial charge >= 0.3 is 0 Å². The first-order valence-corrected chi connectivity index (χ1v) is 12.7. The van der Waals surface area contributed by atoms with Crippen molar-refractivity contribution in [1.29, 1.82) is 0 Å². The second-order valence-corrected chi connectivity index (χ2v) is 10.5. The molecule has 2 aliphatic rings. The van der Waals surface area contributed by atoms with Crippen LogP contribution in [0.4, 0.5) is 0 Å². The van der Waals surface area contributed by atoms with Gasteiger partial charge in [0.1, 0.15) is 5.75 Å². The standard InChI is InChI=1S/C24H27NO6S/c26-23(25(15-22-7-4-13-30-22)20-12-14-32(28,29)17-20)16-31-21-10-8-19(9-11-21)24(27)18-5-2-1-3-6-18/h1-3,5-6,8-11,20,22H,4,7,12-17H2/t20-,22+/m0/s1. The van der Waals surface area contributed by atoms with Crippen molar-refractivity contribution < 1.29 is 27.5 Å². The first-order valence-electron chi connectivity index (χ1n) is 10.9. The van der Waals surface area contributed by atoms with Gasteiger partial charge in [0.05, 0.1) is 17.6 Å². The maximum atomic E-state index is 13.0. The lowest BCUT2D eigenvalue weighted by atomic mass is 10.0. The number of carbonyl (C=O) groups excluding carboxylic acids is 2. The molecule has 4 rings (SSSR count). The van der Waals surface area contributed by atoms with Crippen LogP contribution in [0.2, 0.25) is 0 Å². The molecule has 7 nitrogen and oxygen atoms in total. The van der Waals surface area contributed by atoms with Gasteiger partial charge in [0.25, 0.3) is 5.91 Å². The summed E-state index contributed by atoms with van der Waals surface area (Å²) in [4.78, 5) is 27.1. The van der Waals surface area contributed by atoms with Crippen molar-refractivity contribution in [2.24, 2.45) is 0 Å². The van der Waals surface area contributed by atoms with Crippen LogP contribution >= 0.6 is 0 Å². The summed E-state index contributed by atoms with van der Waals surface area (Å²) in [5.74, 6) is 0.219. The highest BCUT2D eigenvalue weighted by molar-refractivity contribution is 7.91. The number of benzene rings is 2. The summed E-state index contributed by atoms with van der Waals surface area (Å²) in [5, 5.41) is 0. The molecule has 2 atom stereocenters. The highest BCUT2D eigenvalue weighted by atomic mass is 32.2. The number of ether oxygens (including phenoxy) is 2. The van der Waals surface area contributed by atoms with E-state index in [1.165, 1.54) is 0 Å². The molecule has 0 bridgehead atoms. The zero-order valence-electron chi connectivity index (χ0n) is 17.8. The minimum atomic E-state index is -3.12. The Hall–Kier alpha value is -2.71. The van der Waals surface area contributed by atoms with Gasteiger partial charge in [0.2, 0.25) is 0 Å². The van der Waals surface area contributed by atoms with E-state index in [2.05, 4.69) is 0 Å². The maximum Gasteiger partial charge on any atom is 0.260 e. The van der Waals surface area contributed by atoms with Gasteiger partial charge in [-0.3, -0.25) is 9.59 Å². The molecule has 0 saturated carbocycles. The molecule has 0 N–H and O–H groups in total. The lowest BCUT2D eigenvalue weighted by Crippen LogP contribution is -2.47. The number of nitrogens with zero attached hydrogens (tertiary/aromatic N) is 1. The van der Waals surface area contributed by atoms with Crippen LogP contribution in [0.1, 0.15) is 35.2 Å². The maximum absolute atomic E-state index is 13.0. The number of hydrogen-bond acceptors (Lipinski definition) is 6. The summed E-state index contributed by atoms with van der Waals surface area (Å²) in [7, 11) is -3.12. The lowest BCUT2D eigenvalue weighted by Gasteiger charge is -2.30. The number of rotatable bonds is 8. The Morgan fingerprint density at radius 2 is 1.72 bits per heavy atom. The van der Waals surface area contributed by atoms with Gasteiger partial charge in [0, 0.05) is 30.3 Å². The molecule has 32 heavy (non-hydrogen) atoms. The van der Waals surface area contributed by atoms with E-state index in [9.17, 15) is 18.0 Å². The van der Waals surface area contributed by atoms with Crippen LogP contribution in [0.25, 0.3) is 0 Å². The normalized spacial score (nSPS) is 21.9. The molecule has 2 aromatic carbocycles. The number of amides is 1. The van der Waals surface area contributed by atoms with Crippen molar-refractivity contribution in [1.82, 2.24) is 4.90 Å². The van der Waals surface area contributed by atoms with Gasteiger partial charge in [-0.05, 0) is 43.5 Å². The van der Waals surface area contributed by atoms with Crippen LogP contribution in [0, 0.1) is 0 Å². The Balaban J connectivity index is 1.38. The van der Waals surface area contributed by atoms with Crippen molar-refractivity contribution in [2.75, 3.05) is 31.3 Å². The third-order valence-corrected chi connectivity index (χ3v) is 7.66. The molecule has 0 aromatic heterocycles. The molecule has 170 valence electrons. The highest BCUT2D eigenvalue weighted by Crippen LogP contribution is 2.22. The van der Waals surface area contributed by atoms with Crippen LogP contribution in [-0.4, -0.2) is 68.4 Å². The number of sulfone groups is 1. The molecule has 0 unspecified atom stereocenters. The highest BCUT2D eigenvalue weighted by Gasteiger charge is 2.36. The molecule has 1 amide bonds. The summed E-state index contributed by atoms with van der Waals surface area (Å²) < 4.78 is 35.2. The van der Waals surface area contributed by atoms with Gasteiger partial charge in [-0.2, -0.15) is 0 Å². The Kier molecular flexibility index (Phi) is 6.91. The van der Waals surface area contributed by atoms with E-state index in [1.807, 2.05) is 18.2 Å². The van der Waals surface area contributed by atoms with Gasteiger partial charge in [-0.15, -0.1) is 0 Å². The van der Waals surface area contributed by atoms with E-state index in [1.54, 1.807) is 41.3 Å². The zero-order valence-corrected chi connectivity index (χ0v) is 18.6. The Bertz CT molecular complexity index is 1050. The second kappa shape index (κ2) is 9.83. The summed E-state index contributed by atoms with van der Waals surface area (Å²) in [6, 6.07) is 15.3. The van der Waals surface area contributed by atoms with E-state index in [-0.39, 0.29) is 41.9 Å². The summed E-state index contributed by atoms with van der Waals surface area (Å²) in [5.41, 5.74) is 1.14. The number of ketones is 1. The van der Waals surface area contributed by atoms with Gasteiger partial charge in [-0.25, -0.2) is 8.42 Å². The molecule has 0 spiro atoms. The van der Waals surface area contributed by atoms with E-state index in [0.717, 1.165) is 12.8 Å². The number of carbonyl (C=O) groups is 2. The SMILES string of the molecule is O=C(c1ccccc1)c1ccc(OCC(=O)N(C[C@H]2CCCO2)[C@H]2CCS(=O)(=O)C2)cc1. The lowest BCUT2D eigenvalue weighted by molar-refractivity contribution is -0.137. The molecule has 2 aliphatic heterocycles. The van der Waals surface area contributed by atoms with Crippen molar-refractivity contribution in [3.63, 3.8) is 0 Å². The minimum absolute atomic E-state index is 0.0121. The van der Waals surface area contributed by atoms with Gasteiger partial charge < -0.3 is 14.4 Å². The van der Waals surface area contributed by atoms with E-state index in [0.29, 0.717) is 36.4 Å². The fourth-order valence-corrected chi connectivity index (χ4v) is 5.90. The molecule has 2 saturated heterocycles. The first-order chi connectivity index (χ1) is 15.4. The molecular weight excluding hydrogens is 430 g/mol. The first kappa shape index (κ1) is 22.5. The third-order valence-electron chi connectivity index (χ3n) is 5.91. The Morgan fingerprint density at radius 1 is 1.00 bits per heavy atom. The summed E-state index contributed by atoms with van der Waals surface area (Å²) >= 11 is 0. The average molecular weight is 458 g/mol. The Labute approximate surface area is 188 Å². The van der Waals surface area contributed by atoms with E-state index in [4.69, 9.17) is 9.47 Å².